The quantitative estimate of drug-likeness (QED) is 0.604. The molecule has 0 heterocycles. The number of ketones is 1. The van der Waals surface area contributed by atoms with Gasteiger partial charge in [0.1, 0.15) is 11.8 Å². The lowest BCUT2D eigenvalue weighted by molar-refractivity contribution is -0.140. The first-order valence-corrected chi connectivity index (χ1v) is 7.32. The molecule has 6 nitrogen and oxygen atoms in total. The van der Waals surface area contributed by atoms with Crippen molar-refractivity contribution >= 4 is 29.4 Å². The van der Waals surface area contributed by atoms with Gasteiger partial charge in [0.05, 0.1) is 0 Å². The summed E-state index contributed by atoms with van der Waals surface area (Å²) in [5.41, 5.74) is 0. The maximum atomic E-state index is 11.6. The monoisotopic (exact) mass is 289 g/mol. The minimum absolute atomic E-state index is 0.00891. The van der Waals surface area contributed by atoms with E-state index >= 15 is 0 Å². The van der Waals surface area contributed by atoms with Crippen LogP contribution in [0, 0.1) is 11.8 Å². The molecule has 0 aliphatic heterocycles. The van der Waals surface area contributed by atoms with Crippen molar-refractivity contribution in [3.8, 4) is 0 Å². The molecule has 1 aliphatic rings. The number of nitrogens with one attached hydrogen (secondary N) is 1. The van der Waals surface area contributed by atoms with E-state index in [0.717, 1.165) is 0 Å². The van der Waals surface area contributed by atoms with Gasteiger partial charge in [0.15, 0.2) is 0 Å². The fourth-order valence-electron chi connectivity index (χ4n) is 2.16. The predicted octanol–water partition coefficient (Wildman–Crippen LogP) is -0.103. The van der Waals surface area contributed by atoms with Gasteiger partial charge < -0.3 is 15.5 Å². The summed E-state index contributed by atoms with van der Waals surface area (Å²) in [5.74, 6) is -0.828. The van der Waals surface area contributed by atoms with Crippen LogP contribution in [-0.4, -0.2) is 52.0 Å². The van der Waals surface area contributed by atoms with E-state index < -0.39 is 17.9 Å². The number of aliphatic hydroxyl groups is 1. The fraction of sp³-hybridized carbons (Fsp3) is 0.750. The average molecular weight is 289 g/mol. The van der Waals surface area contributed by atoms with Crippen molar-refractivity contribution in [2.45, 2.75) is 25.8 Å². The lowest BCUT2D eigenvalue weighted by Crippen LogP contribution is -2.41. The summed E-state index contributed by atoms with van der Waals surface area (Å²) < 4.78 is 0. The molecule has 7 heteroatoms. The van der Waals surface area contributed by atoms with Gasteiger partial charge in [-0.25, -0.2) is 4.79 Å². The van der Waals surface area contributed by atoms with Crippen molar-refractivity contribution < 1.29 is 24.6 Å². The first kappa shape index (κ1) is 16.0. The zero-order chi connectivity index (χ0) is 14.4. The molecule has 1 aliphatic carbocycles. The SMILES string of the molecule is CC(=O)NC(CSC[C@@H]1C(=O)CC[C@H]1CO)C(=O)O. The first-order valence-electron chi connectivity index (χ1n) is 6.17. The summed E-state index contributed by atoms with van der Waals surface area (Å²) in [5, 5.41) is 20.4. The summed E-state index contributed by atoms with van der Waals surface area (Å²) >= 11 is 1.32. The van der Waals surface area contributed by atoms with Crippen LogP contribution in [0.2, 0.25) is 0 Å². The van der Waals surface area contributed by atoms with Crippen molar-refractivity contribution in [1.29, 1.82) is 0 Å². The molecule has 19 heavy (non-hydrogen) atoms. The standard InChI is InChI=1S/C12H19NO5S/c1-7(15)13-10(12(17)18)6-19-5-9-8(4-14)2-3-11(9)16/h8-10,14H,2-6H2,1H3,(H,13,15)(H,17,18)/t8-,9-,10?/m0/s1. The maximum absolute atomic E-state index is 11.6. The number of aliphatic hydroxyl groups excluding tert-OH is 1. The third kappa shape index (κ3) is 4.83. The molecule has 0 saturated heterocycles. The topological polar surface area (TPSA) is 104 Å². The van der Waals surface area contributed by atoms with Gasteiger partial charge in [-0.15, -0.1) is 0 Å². The molecular weight excluding hydrogens is 270 g/mol. The number of carboxylic acids is 1. The summed E-state index contributed by atoms with van der Waals surface area (Å²) in [6.07, 6.45) is 1.19. The number of rotatable bonds is 7. The molecule has 1 saturated carbocycles. The lowest BCUT2D eigenvalue weighted by Gasteiger charge is -2.17. The van der Waals surface area contributed by atoms with Crippen molar-refractivity contribution in [2.75, 3.05) is 18.1 Å². The van der Waals surface area contributed by atoms with Crippen LogP contribution in [0.3, 0.4) is 0 Å². The van der Waals surface area contributed by atoms with Gasteiger partial charge in [0, 0.05) is 37.4 Å². The first-order chi connectivity index (χ1) is 8.95. The Morgan fingerprint density at radius 2 is 2.21 bits per heavy atom. The number of aliphatic carboxylic acids is 1. The van der Waals surface area contributed by atoms with Crippen molar-refractivity contribution in [3.63, 3.8) is 0 Å². The van der Waals surface area contributed by atoms with Gasteiger partial charge in [0.2, 0.25) is 5.91 Å². The van der Waals surface area contributed by atoms with Gasteiger partial charge in [-0.05, 0) is 12.3 Å². The van der Waals surface area contributed by atoms with Gasteiger partial charge in [-0.2, -0.15) is 11.8 Å². The maximum Gasteiger partial charge on any atom is 0.327 e. The molecule has 1 amide bonds. The second-order valence-electron chi connectivity index (χ2n) is 4.68. The summed E-state index contributed by atoms with van der Waals surface area (Å²) in [7, 11) is 0. The number of hydrogen-bond acceptors (Lipinski definition) is 5. The summed E-state index contributed by atoms with van der Waals surface area (Å²) in [6, 6.07) is -0.938. The summed E-state index contributed by atoms with van der Waals surface area (Å²) in [6.45, 7) is 1.26. The Kier molecular flexibility index (Phi) is 6.30. The largest absolute Gasteiger partial charge is 0.480 e. The predicted molar refractivity (Wildman–Crippen MR) is 70.9 cm³/mol. The van der Waals surface area contributed by atoms with E-state index in [2.05, 4.69) is 5.32 Å². The van der Waals surface area contributed by atoms with Crippen LogP contribution < -0.4 is 5.32 Å². The van der Waals surface area contributed by atoms with E-state index in [4.69, 9.17) is 10.2 Å². The third-order valence-corrected chi connectivity index (χ3v) is 4.40. The van der Waals surface area contributed by atoms with Crippen LogP contribution in [0.15, 0.2) is 0 Å². The van der Waals surface area contributed by atoms with Crippen LogP contribution in [0.1, 0.15) is 19.8 Å². The Morgan fingerprint density at radius 3 is 2.74 bits per heavy atom. The molecule has 0 bridgehead atoms. The van der Waals surface area contributed by atoms with Crippen molar-refractivity contribution in [2.24, 2.45) is 11.8 Å². The Labute approximate surface area is 115 Å². The number of amides is 1. The van der Waals surface area contributed by atoms with Crippen molar-refractivity contribution in [1.82, 2.24) is 5.32 Å². The minimum atomic E-state index is -1.08. The van der Waals surface area contributed by atoms with Crippen LogP contribution >= 0.6 is 11.8 Å². The molecule has 0 spiro atoms. The van der Waals surface area contributed by atoms with Gasteiger partial charge >= 0.3 is 5.97 Å². The lowest BCUT2D eigenvalue weighted by atomic mass is 9.99. The molecular formula is C12H19NO5S. The van der Waals surface area contributed by atoms with Gasteiger partial charge in [-0.1, -0.05) is 0 Å². The molecule has 0 aromatic rings. The molecule has 3 N–H and O–H groups in total. The number of carbonyl (C=O) groups excluding carboxylic acids is 2. The second kappa shape index (κ2) is 7.49. The van der Waals surface area contributed by atoms with E-state index in [9.17, 15) is 14.4 Å². The van der Waals surface area contributed by atoms with Crippen LogP contribution in [0.4, 0.5) is 0 Å². The third-order valence-electron chi connectivity index (χ3n) is 3.24. The molecule has 0 aromatic carbocycles. The molecule has 0 aromatic heterocycles. The highest BCUT2D eigenvalue weighted by Crippen LogP contribution is 2.31. The Balaban J connectivity index is 2.41. The van der Waals surface area contributed by atoms with E-state index in [1.165, 1.54) is 18.7 Å². The number of Topliss-reactive ketones (excluding diaryl/α,β-unsaturated/α-hetero) is 1. The van der Waals surface area contributed by atoms with E-state index in [1.807, 2.05) is 0 Å². The van der Waals surface area contributed by atoms with Crippen LogP contribution in [0.5, 0.6) is 0 Å². The van der Waals surface area contributed by atoms with E-state index in [0.29, 0.717) is 18.6 Å². The molecule has 1 fully saturated rings. The second-order valence-corrected chi connectivity index (χ2v) is 5.76. The molecule has 3 atom stereocenters. The highest BCUT2D eigenvalue weighted by atomic mass is 32.2. The number of carbonyl (C=O) groups is 3. The highest BCUT2D eigenvalue weighted by Gasteiger charge is 2.34. The Bertz CT molecular complexity index is 360. The average Bonchev–Trinajstić information content (AvgIpc) is 2.68. The normalized spacial score (nSPS) is 24.2. The smallest absolute Gasteiger partial charge is 0.327 e. The van der Waals surface area contributed by atoms with Gasteiger partial charge in [-0.3, -0.25) is 9.59 Å². The number of carboxylic acid groups (broad SMARTS) is 1. The summed E-state index contributed by atoms with van der Waals surface area (Å²) in [4.78, 5) is 33.4. The molecule has 1 rings (SSSR count). The fourth-order valence-corrected chi connectivity index (χ4v) is 3.47. The van der Waals surface area contributed by atoms with E-state index in [1.54, 1.807) is 0 Å². The zero-order valence-electron chi connectivity index (χ0n) is 10.8. The number of thioether (sulfide) groups is 1. The van der Waals surface area contributed by atoms with Crippen LogP contribution in [-0.2, 0) is 14.4 Å². The Hall–Kier alpha value is -1.08. The zero-order valence-corrected chi connectivity index (χ0v) is 11.6. The van der Waals surface area contributed by atoms with Crippen molar-refractivity contribution in [3.05, 3.63) is 0 Å². The van der Waals surface area contributed by atoms with E-state index in [-0.39, 0.29) is 30.0 Å². The molecule has 0 radical (unpaired) electrons. The van der Waals surface area contributed by atoms with Gasteiger partial charge in [0.25, 0.3) is 0 Å². The Morgan fingerprint density at radius 1 is 1.53 bits per heavy atom. The molecule has 1 unspecified atom stereocenters. The highest BCUT2D eigenvalue weighted by molar-refractivity contribution is 7.99. The minimum Gasteiger partial charge on any atom is -0.480 e. The van der Waals surface area contributed by atoms with Crippen LogP contribution in [0.25, 0.3) is 0 Å². The number of hydrogen-bond donors (Lipinski definition) is 3. The molecule has 108 valence electrons.